The molecule has 0 aliphatic rings. The predicted molar refractivity (Wildman–Crippen MR) is 99.4 cm³/mol. The van der Waals surface area contributed by atoms with Gasteiger partial charge >= 0.3 is 0 Å². The minimum absolute atomic E-state index is 0.0319. The minimum Gasteiger partial charge on any atom is -0.507 e. The van der Waals surface area contributed by atoms with Gasteiger partial charge in [-0.3, -0.25) is 25.2 Å². The number of aromatic hydroxyl groups is 2. The van der Waals surface area contributed by atoms with Crippen LogP contribution in [0.4, 0.5) is 0 Å². The molecule has 0 fully saturated rings. The van der Waals surface area contributed by atoms with Gasteiger partial charge in [-0.15, -0.1) is 0 Å². The Bertz CT molecular complexity index is 902. The van der Waals surface area contributed by atoms with Crippen molar-refractivity contribution in [2.24, 2.45) is 5.84 Å². The summed E-state index contributed by atoms with van der Waals surface area (Å²) in [4.78, 5) is 35.7. The number of thiocarbonyl (C=S) groups is 1. The first-order chi connectivity index (χ1) is 12.8. The predicted octanol–water partition coefficient (Wildman–Crippen LogP) is 0.592. The molecule has 140 valence electrons. The van der Waals surface area contributed by atoms with Crippen LogP contribution in [0.15, 0.2) is 48.5 Å². The summed E-state index contributed by atoms with van der Waals surface area (Å²) < 4.78 is 0. The number of para-hydroxylation sites is 2. The average Bonchev–Trinajstić information content (AvgIpc) is 2.65. The number of nitrogens with one attached hydrogen (secondary N) is 2. The molecule has 10 heteroatoms. The Morgan fingerprint density at radius 3 is 2.00 bits per heavy atom. The minimum atomic E-state index is -0.788. The molecular formula is C17H16N4O5S. The monoisotopic (exact) mass is 388 g/mol. The quantitative estimate of drug-likeness (QED) is 0.223. The summed E-state index contributed by atoms with van der Waals surface area (Å²) in [5.41, 5.74) is 4.11. The van der Waals surface area contributed by atoms with Gasteiger partial charge in [0.15, 0.2) is 0 Å². The van der Waals surface area contributed by atoms with Gasteiger partial charge in [0.2, 0.25) is 5.91 Å². The lowest BCUT2D eigenvalue weighted by molar-refractivity contribution is -0.120. The second-order valence-electron chi connectivity index (χ2n) is 5.28. The number of rotatable bonds is 4. The summed E-state index contributed by atoms with van der Waals surface area (Å²) >= 11 is 4.95. The van der Waals surface area contributed by atoms with Crippen LogP contribution in [0.1, 0.15) is 27.1 Å². The first kappa shape index (κ1) is 19.8. The topological polar surface area (TPSA) is 145 Å². The number of carbonyl (C=O) groups is 3. The summed E-state index contributed by atoms with van der Waals surface area (Å²) in [7, 11) is 0. The van der Waals surface area contributed by atoms with Gasteiger partial charge in [-0.2, -0.15) is 0 Å². The molecule has 27 heavy (non-hydrogen) atoms. The lowest BCUT2D eigenvalue weighted by Gasteiger charge is -2.18. The molecule has 0 aliphatic heterocycles. The molecule has 6 N–H and O–H groups in total. The van der Waals surface area contributed by atoms with E-state index in [0.717, 1.165) is 0 Å². The second-order valence-corrected chi connectivity index (χ2v) is 5.75. The SMILES string of the molecule is NN(C(=O)c1ccccc1O)C(=S)CC(=O)NNC(=O)c1ccccc1O. The fraction of sp³-hybridized carbons (Fsp3) is 0.0588. The molecule has 0 bridgehead atoms. The standard InChI is InChI=1S/C17H16N4O5S/c18-21(17(26)11-6-2-4-8-13(11)23)15(27)9-14(24)19-20-16(25)10-5-1-3-7-12(10)22/h1-8,22-23H,9,18H2,(H,19,24)(H,20,25). The van der Waals surface area contributed by atoms with Crippen LogP contribution >= 0.6 is 12.2 Å². The zero-order chi connectivity index (χ0) is 20.0. The molecule has 2 aromatic rings. The van der Waals surface area contributed by atoms with Crippen LogP contribution < -0.4 is 16.7 Å². The van der Waals surface area contributed by atoms with Gasteiger partial charge in [-0.05, 0) is 24.3 Å². The normalized spacial score (nSPS) is 9.96. The Labute approximate surface area is 159 Å². The van der Waals surface area contributed by atoms with Crippen molar-refractivity contribution < 1.29 is 24.6 Å². The summed E-state index contributed by atoms with van der Waals surface area (Å²) in [6.07, 6.45) is -0.466. The maximum atomic E-state index is 12.2. The zero-order valence-corrected chi connectivity index (χ0v) is 14.7. The van der Waals surface area contributed by atoms with E-state index in [2.05, 4.69) is 10.9 Å². The molecule has 0 saturated carbocycles. The van der Waals surface area contributed by atoms with E-state index in [0.29, 0.717) is 5.01 Å². The van der Waals surface area contributed by atoms with Crippen LogP contribution in [0.2, 0.25) is 0 Å². The number of phenolic OH excluding ortho intramolecular Hbond substituents is 2. The molecule has 0 heterocycles. The maximum Gasteiger partial charge on any atom is 0.276 e. The molecule has 0 aliphatic carbocycles. The lowest BCUT2D eigenvalue weighted by atomic mass is 10.2. The highest BCUT2D eigenvalue weighted by molar-refractivity contribution is 7.80. The largest absolute Gasteiger partial charge is 0.507 e. The van der Waals surface area contributed by atoms with Crippen molar-refractivity contribution in [3.63, 3.8) is 0 Å². The molecule has 0 atom stereocenters. The van der Waals surface area contributed by atoms with Gasteiger partial charge in [-0.25, -0.2) is 10.9 Å². The summed E-state index contributed by atoms with van der Waals surface area (Å²) in [6.45, 7) is 0. The van der Waals surface area contributed by atoms with E-state index in [1.165, 1.54) is 36.4 Å². The Hall–Kier alpha value is -3.50. The number of hydrogen-bond acceptors (Lipinski definition) is 7. The Morgan fingerprint density at radius 1 is 0.926 bits per heavy atom. The second kappa shape index (κ2) is 8.74. The smallest absolute Gasteiger partial charge is 0.276 e. The van der Waals surface area contributed by atoms with Crippen molar-refractivity contribution in [3.8, 4) is 11.5 Å². The molecule has 0 spiro atoms. The Balaban J connectivity index is 1.90. The van der Waals surface area contributed by atoms with E-state index in [1.807, 2.05) is 0 Å². The van der Waals surface area contributed by atoms with Gasteiger partial charge in [0.05, 0.1) is 17.5 Å². The maximum absolute atomic E-state index is 12.2. The molecule has 2 aromatic carbocycles. The summed E-state index contributed by atoms with van der Waals surface area (Å²) in [5, 5.41) is 19.8. The zero-order valence-electron chi connectivity index (χ0n) is 13.9. The molecule has 0 aromatic heterocycles. The first-order valence-corrected chi connectivity index (χ1v) is 7.99. The third-order valence-electron chi connectivity index (χ3n) is 3.40. The van der Waals surface area contributed by atoms with Crippen molar-refractivity contribution in [1.29, 1.82) is 0 Å². The number of nitrogens with zero attached hydrogens (tertiary/aromatic N) is 1. The van der Waals surface area contributed by atoms with Crippen LogP contribution in [-0.2, 0) is 4.79 Å². The molecule has 0 saturated heterocycles. The number of hydrogen-bond donors (Lipinski definition) is 5. The van der Waals surface area contributed by atoms with Gasteiger partial charge < -0.3 is 10.2 Å². The molecule has 0 unspecified atom stereocenters. The fourth-order valence-electron chi connectivity index (χ4n) is 2.02. The highest BCUT2D eigenvalue weighted by atomic mass is 32.1. The van der Waals surface area contributed by atoms with Gasteiger partial charge in [0.1, 0.15) is 16.5 Å². The van der Waals surface area contributed by atoms with E-state index in [9.17, 15) is 24.6 Å². The average molecular weight is 388 g/mol. The van der Waals surface area contributed by atoms with E-state index < -0.39 is 24.1 Å². The highest BCUT2D eigenvalue weighted by Gasteiger charge is 2.21. The van der Waals surface area contributed by atoms with Crippen molar-refractivity contribution in [2.75, 3.05) is 0 Å². The van der Waals surface area contributed by atoms with Gasteiger partial charge in [0, 0.05) is 0 Å². The van der Waals surface area contributed by atoms with Gasteiger partial charge in [0.25, 0.3) is 11.8 Å². The number of carbonyl (C=O) groups excluding carboxylic acids is 3. The van der Waals surface area contributed by atoms with E-state index in [-0.39, 0.29) is 27.6 Å². The van der Waals surface area contributed by atoms with Crippen molar-refractivity contribution in [1.82, 2.24) is 15.9 Å². The number of benzene rings is 2. The van der Waals surface area contributed by atoms with E-state index in [1.54, 1.807) is 12.1 Å². The number of amides is 3. The third kappa shape index (κ3) is 5.00. The van der Waals surface area contributed by atoms with Crippen LogP contribution in [0.3, 0.4) is 0 Å². The Kier molecular flexibility index (Phi) is 6.41. The van der Waals surface area contributed by atoms with E-state index >= 15 is 0 Å². The lowest BCUT2D eigenvalue weighted by Crippen LogP contribution is -2.46. The molecule has 9 nitrogen and oxygen atoms in total. The summed E-state index contributed by atoms with van der Waals surface area (Å²) in [6, 6.07) is 11.5. The van der Waals surface area contributed by atoms with Crippen molar-refractivity contribution >= 4 is 34.9 Å². The van der Waals surface area contributed by atoms with Crippen LogP contribution in [-0.4, -0.2) is 37.9 Å². The van der Waals surface area contributed by atoms with Crippen LogP contribution in [0.5, 0.6) is 11.5 Å². The molecule has 2 rings (SSSR count). The first-order valence-electron chi connectivity index (χ1n) is 7.58. The van der Waals surface area contributed by atoms with E-state index in [4.69, 9.17) is 18.1 Å². The third-order valence-corrected chi connectivity index (χ3v) is 3.74. The fourth-order valence-corrected chi connectivity index (χ4v) is 2.24. The highest BCUT2D eigenvalue weighted by Crippen LogP contribution is 2.17. The Morgan fingerprint density at radius 2 is 1.44 bits per heavy atom. The molecular weight excluding hydrogens is 372 g/mol. The molecule has 3 amide bonds. The van der Waals surface area contributed by atoms with Crippen molar-refractivity contribution in [2.45, 2.75) is 6.42 Å². The summed E-state index contributed by atoms with van der Waals surface area (Å²) in [5.74, 6) is 2.83. The molecule has 0 radical (unpaired) electrons. The van der Waals surface area contributed by atoms with Crippen LogP contribution in [0, 0.1) is 0 Å². The van der Waals surface area contributed by atoms with Crippen molar-refractivity contribution in [3.05, 3.63) is 59.7 Å². The van der Waals surface area contributed by atoms with Gasteiger partial charge in [-0.1, -0.05) is 36.5 Å². The number of phenols is 2. The van der Waals surface area contributed by atoms with Crippen LogP contribution in [0.25, 0.3) is 0 Å². The number of nitrogens with two attached hydrogens (primary N) is 1. The number of hydrazine groups is 2.